The average Bonchev–Trinajstić information content (AvgIpc) is 3.43. The summed E-state index contributed by atoms with van der Waals surface area (Å²) in [6, 6.07) is 15.9. The molecule has 1 saturated carbocycles. The molecule has 0 atom stereocenters. The summed E-state index contributed by atoms with van der Waals surface area (Å²) < 4.78 is 15.2. The molecule has 0 radical (unpaired) electrons. The number of carbonyl (C=O) groups excluding carboxylic acids is 1. The monoisotopic (exact) mass is 382 g/mol. The van der Waals surface area contributed by atoms with E-state index < -0.39 is 0 Å². The molecule has 1 amide bonds. The number of benzene rings is 2. The van der Waals surface area contributed by atoms with E-state index in [1.807, 2.05) is 34.9 Å². The fraction of sp³-hybridized carbons (Fsp3) is 0.250. The van der Waals surface area contributed by atoms with E-state index in [1.54, 1.807) is 12.1 Å². The maximum atomic E-state index is 13.3. The predicted octanol–water partition coefficient (Wildman–Crippen LogP) is 3.69. The quantitative estimate of drug-likeness (QED) is 0.633. The lowest BCUT2D eigenvalue weighted by Crippen LogP contribution is -2.27. The van der Waals surface area contributed by atoms with Gasteiger partial charge in [0.2, 0.25) is 5.91 Å². The van der Waals surface area contributed by atoms with Gasteiger partial charge in [-0.05, 0) is 55.2 Å². The van der Waals surface area contributed by atoms with Crippen molar-refractivity contribution >= 4 is 17.7 Å². The van der Waals surface area contributed by atoms with Crippen molar-refractivity contribution in [1.29, 1.82) is 0 Å². The zero-order valence-corrected chi connectivity index (χ0v) is 15.5. The topological polar surface area (TPSA) is 59.8 Å². The lowest BCUT2D eigenvalue weighted by atomic mass is 10.2. The van der Waals surface area contributed by atoms with Crippen LogP contribution in [0.2, 0.25) is 0 Å². The second-order valence-corrected chi connectivity index (χ2v) is 7.46. The van der Waals surface area contributed by atoms with Crippen LogP contribution in [0.3, 0.4) is 0 Å². The predicted molar refractivity (Wildman–Crippen MR) is 103 cm³/mol. The van der Waals surface area contributed by atoms with Crippen molar-refractivity contribution in [2.75, 3.05) is 12.3 Å². The molecule has 3 aromatic rings. The standard InChI is InChI=1S/C20H19FN4OS/c21-16-10-8-15(9-11-16)19-23-24-20(25(19)17-4-2-1-3-5-17)27-13-18(26)22-12-14-6-7-14/h1-5,8-11,14H,6-7,12-13H2,(H,22,26). The van der Waals surface area contributed by atoms with Gasteiger partial charge in [0.15, 0.2) is 11.0 Å². The second-order valence-electron chi connectivity index (χ2n) is 6.52. The molecule has 5 nitrogen and oxygen atoms in total. The average molecular weight is 382 g/mol. The Morgan fingerprint density at radius 3 is 2.56 bits per heavy atom. The fourth-order valence-corrected chi connectivity index (χ4v) is 3.50. The molecule has 1 aliphatic carbocycles. The molecule has 0 unspecified atom stereocenters. The number of hydrogen-bond donors (Lipinski definition) is 1. The van der Waals surface area contributed by atoms with Crippen molar-refractivity contribution in [3.05, 3.63) is 60.4 Å². The van der Waals surface area contributed by atoms with Gasteiger partial charge in [0.05, 0.1) is 5.75 Å². The Labute approximate surface area is 161 Å². The fourth-order valence-electron chi connectivity index (χ4n) is 2.72. The summed E-state index contributed by atoms with van der Waals surface area (Å²) in [7, 11) is 0. The second kappa shape index (κ2) is 7.92. The van der Waals surface area contributed by atoms with Gasteiger partial charge in [0.1, 0.15) is 5.82 Å². The maximum absolute atomic E-state index is 13.3. The van der Waals surface area contributed by atoms with Crippen molar-refractivity contribution < 1.29 is 9.18 Å². The molecule has 0 aliphatic heterocycles. The third-order valence-corrected chi connectivity index (χ3v) is 5.30. The molecule has 0 saturated heterocycles. The number of nitrogens with one attached hydrogen (secondary N) is 1. The van der Waals surface area contributed by atoms with Gasteiger partial charge >= 0.3 is 0 Å². The summed E-state index contributed by atoms with van der Waals surface area (Å²) in [5, 5.41) is 12.2. The number of hydrogen-bond acceptors (Lipinski definition) is 4. The van der Waals surface area contributed by atoms with Crippen molar-refractivity contribution in [2.45, 2.75) is 18.0 Å². The molecule has 0 bridgehead atoms. The summed E-state index contributed by atoms with van der Waals surface area (Å²) in [6.45, 7) is 0.756. The van der Waals surface area contributed by atoms with Gasteiger partial charge in [-0.1, -0.05) is 30.0 Å². The summed E-state index contributed by atoms with van der Waals surface area (Å²) in [5.41, 5.74) is 1.65. The van der Waals surface area contributed by atoms with E-state index in [0.717, 1.165) is 17.8 Å². The molecule has 1 N–H and O–H groups in total. The number of halogens is 1. The Kier molecular flexibility index (Phi) is 5.20. The third-order valence-electron chi connectivity index (χ3n) is 4.37. The van der Waals surface area contributed by atoms with E-state index in [9.17, 15) is 9.18 Å². The maximum Gasteiger partial charge on any atom is 0.230 e. The molecule has 0 spiro atoms. The number of nitrogens with zero attached hydrogens (tertiary/aromatic N) is 3. The largest absolute Gasteiger partial charge is 0.355 e. The van der Waals surface area contributed by atoms with E-state index in [1.165, 1.54) is 36.7 Å². The van der Waals surface area contributed by atoms with Crippen LogP contribution in [0.1, 0.15) is 12.8 Å². The minimum Gasteiger partial charge on any atom is -0.355 e. The van der Waals surface area contributed by atoms with Gasteiger partial charge in [0, 0.05) is 17.8 Å². The Morgan fingerprint density at radius 2 is 1.85 bits per heavy atom. The summed E-state index contributed by atoms with van der Waals surface area (Å²) >= 11 is 1.34. The van der Waals surface area contributed by atoms with E-state index in [2.05, 4.69) is 15.5 Å². The number of carbonyl (C=O) groups is 1. The van der Waals surface area contributed by atoms with Crippen LogP contribution in [0.25, 0.3) is 17.1 Å². The van der Waals surface area contributed by atoms with Crippen LogP contribution < -0.4 is 5.32 Å². The van der Waals surface area contributed by atoms with E-state index >= 15 is 0 Å². The van der Waals surface area contributed by atoms with Gasteiger partial charge < -0.3 is 5.32 Å². The smallest absolute Gasteiger partial charge is 0.230 e. The van der Waals surface area contributed by atoms with Crippen LogP contribution in [0.5, 0.6) is 0 Å². The highest BCUT2D eigenvalue weighted by Crippen LogP contribution is 2.29. The highest BCUT2D eigenvalue weighted by atomic mass is 32.2. The number of aromatic nitrogens is 3. The molecule has 2 aromatic carbocycles. The van der Waals surface area contributed by atoms with Crippen LogP contribution in [0.4, 0.5) is 4.39 Å². The Balaban J connectivity index is 1.59. The third kappa shape index (κ3) is 4.36. The van der Waals surface area contributed by atoms with Crippen LogP contribution in [-0.2, 0) is 4.79 Å². The van der Waals surface area contributed by atoms with Gasteiger partial charge in [-0.2, -0.15) is 0 Å². The number of rotatable bonds is 7. The van der Waals surface area contributed by atoms with Gasteiger partial charge in [-0.15, -0.1) is 10.2 Å². The Hall–Kier alpha value is -2.67. The van der Waals surface area contributed by atoms with Gasteiger partial charge in [-0.3, -0.25) is 9.36 Å². The number of para-hydroxylation sites is 1. The lowest BCUT2D eigenvalue weighted by molar-refractivity contribution is -0.118. The zero-order valence-electron chi connectivity index (χ0n) is 14.6. The number of thioether (sulfide) groups is 1. The molecule has 7 heteroatoms. The molecule has 1 fully saturated rings. The molecule has 1 heterocycles. The lowest BCUT2D eigenvalue weighted by Gasteiger charge is -2.10. The van der Waals surface area contributed by atoms with Crippen LogP contribution in [-0.4, -0.2) is 33.0 Å². The van der Waals surface area contributed by atoms with Gasteiger partial charge in [0.25, 0.3) is 0 Å². The minimum absolute atomic E-state index is 0.00200. The van der Waals surface area contributed by atoms with Crippen LogP contribution in [0.15, 0.2) is 59.8 Å². The molecule has 1 aliphatic rings. The van der Waals surface area contributed by atoms with E-state index in [4.69, 9.17) is 0 Å². The van der Waals surface area contributed by atoms with E-state index in [-0.39, 0.29) is 17.5 Å². The van der Waals surface area contributed by atoms with Gasteiger partial charge in [-0.25, -0.2) is 4.39 Å². The highest BCUT2D eigenvalue weighted by Gasteiger charge is 2.22. The van der Waals surface area contributed by atoms with Crippen molar-refractivity contribution in [3.8, 4) is 17.1 Å². The zero-order chi connectivity index (χ0) is 18.6. The number of amides is 1. The molecule has 27 heavy (non-hydrogen) atoms. The van der Waals surface area contributed by atoms with Crippen molar-refractivity contribution in [3.63, 3.8) is 0 Å². The first-order valence-corrected chi connectivity index (χ1v) is 9.85. The first-order chi connectivity index (χ1) is 13.2. The van der Waals surface area contributed by atoms with Crippen molar-refractivity contribution in [1.82, 2.24) is 20.1 Å². The first-order valence-electron chi connectivity index (χ1n) is 8.87. The Bertz CT molecular complexity index is 923. The van der Waals surface area contributed by atoms with E-state index in [0.29, 0.717) is 16.9 Å². The molecule has 138 valence electrons. The summed E-state index contributed by atoms with van der Waals surface area (Å²) in [4.78, 5) is 12.1. The van der Waals surface area contributed by atoms with Crippen LogP contribution in [0, 0.1) is 11.7 Å². The summed E-state index contributed by atoms with van der Waals surface area (Å²) in [5.74, 6) is 1.24. The minimum atomic E-state index is -0.300. The first kappa shape index (κ1) is 17.7. The molecule has 1 aromatic heterocycles. The summed E-state index contributed by atoms with van der Waals surface area (Å²) in [6.07, 6.45) is 2.41. The molecular formula is C20H19FN4OS. The SMILES string of the molecule is O=C(CSc1nnc(-c2ccc(F)cc2)n1-c1ccccc1)NCC1CC1. The normalized spacial score (nSPS) is 13.5. The van der Waals surface area contributed by atoms with Crippen LogP contribution >= 0.6 is 11.8 Å². The Morgan fingerprint density at radius 1 is 1.11 bits per heavy atom. The highest BCUT2D eigenvalue weighted by molar-refractivity contribution is 7.99. The van der Waals surface area contributed by atoms with Crippen molar-refractivity contribution in [2.24, 2.45) is 5.92 Å². The molecular weight excluding hydrogens is 363 g/mol. The molecule has 4 rings (SSSR count).